The molecule has 1 amide bonds. The van der Waals surface area contributed by atoms with Crippen molar-refractivity contribution in [3.05, 3.63) is 23.4 Å². The highest BCUT2D eigenvalue weighted by atomic mass is 32.2. The van der Waals surface area contributed by atoms with Gasteiger partial charge in [-0.25, -0.2) is 10.8 Å². The number of aromatic nitrogens is 1. The summed E-state index contributed by atoms with van der Waals surface area (Å²) in [6, 6.07) is 3.88. The third-order valence-corrected chi connectivity index (χ3v) is 5.26. The number of pyridine rings is 1. The van der Waals surface area contributed by atoms with Gasteiger partial charge in [-0.05, 0) is 25.5 Å². The first-order chi connectivity index (χ1) is 10.1. The van der Waals surface area contributed by atoms with E-state index in [1.807, 2.05) is 22.7 Å². The third-order valence-electron chi connectivity index (χ3n) is 3.92. The van der Waals surface area contributed by atoms with E-state index in [0.717, 1.165) is 30.8 Å². The Morgan fingerprint density at radius 1 is 1.52 bits per heavy atom. The molecule has 3 N–H and O–H groups in total. The predicted molar refractivity (Wildman–Crippen MR) is 88.5 cm³/mol. The van der Waals surface area contributed by atoms with Crippen LogP contribution in [0.15, 0.2) is 12.1 Å². The van der Waals surface area contributed by atoms with Crippen molar-refractivity contribution in [1.29, 1.82) is 0 Å². The summed E-state index contributed by atoms with van der Waals surface area (Å²) in [5.74, 6) is 7.09. The van der Waals surface area contributed by atoms with Crippen LogP contribution in [0.1, 0.15) is 43.2 Å². The Bertz CT molecular complexity index is 508. The average molecular weight is 308 g/mol. The molecule has 6 heteroatoms. The van der Waals surface area contributed by atoms with Crippen molar-refractivity contribution in [2.75, 3.05) is 17.7 Å². The monoisotopic (exact) mass is 308 g/mol. The number of hydrogen-bond acceptors (Lipinski definition) is 5. The molecular formula is C15H24N4OS. The number of carbonyl (C=O) groups is 1. The van der Waals surface area contributed by atoms with Crippen LogP contribution in [-0.2, 0) is 6.42 Å². The lowest BCUT2D eigenvalue weighted by Gasteiger charge is -2.37. The number of nitrogen functional groups attached to an aromatic ring is 1. The Morgan fingerprint density at radius 2 is 2.29 bits per heavy atom. The number of carbonyl (C=O) groups excluding carboxylic acids is 1. The van der Waals surface area contributed by atoms with Crippen molar-refractivity contribution in [2.45, 2.75) is 44.9 Å². The minimum atomic E-state index is 0.0749. The van der Waals surface area contributed by atoms with Crippen molar-refractivity contribution in [3.8, 4) is 0 Å². The standard InChI is InChI=1S/C15H24N4OS/c1-4-5-13-8-12(9-14(17-13)18-16)15(20)19-6-7-21-11(3)10(19)2/h8-11H,4-7,16H2,1-3H3,(H,17,18). The summed E-state index contributed by atoms with van der Waals surface area (Å²) in [5.41, 5.74) is 4.14. The van der Waals surface area contributed by atoms with Crippen LogP contribution in [0, 0.1) is 0 Å². The second kappa shape index (κ2) is 7.13. The molecule has 0 aliphatic carbocycles. The molecule has 0 radical (unpaired) electrons. The number of nitrogens with zero attached hydrogens (tertiary/aromatic N) is 2. The summed E-state index contributed by atoms with van der Waals surface area (Å²) in [6.07, 6.45) is 1.83. The zero-order chi connectivity index (χ0) is 15.4. The SMILES string of the molecule is CCCc1cc(C(=O)N2CCSC(C)C2C)cc(NN)n1. The molecule has 1 aromatic heterocycles. The van der Waals surface area contributed by atoms with Gasteiger partial charge in [0.1, 0.15) is 5.82 Å². The Morgan fingerprint density at radius 3 is 2.95 bits per heavy atom. The topological polar surface area (TPSA) is 71.2 Å². The van der Waals surface area contributed by atoms with Crippen LogP contribution in [0.4, 0.5) is 5.82 Å². The zero-order valence-corrected chi connectivity index (χ0v) is 13.7. The molecule has 2 unspecified atom stereocenters. The molecule has 0 spiro atoms. The van der Waals surface area contributed by atoms with Gasteiger partial charge in [-0.1, -0.05) is 20.3 Å². The van der Waals surface area contributed by atoms with Gasteiger partial charge in [-0.3, -0.25) is 4.79 Å². The maximum atomic E-state index is 12.8. The van der Waals surface area contributed by atoms with E-state index in [0.29, 0.717) is 16.6 Å². The van der Waals surface area contributed by atoms with Crippen LogP contribution in [0.5, 0.6) is 0 Å². The number of hydrazine groups is 1. The van der Waals surface area contributed by atoms with Crippen molar-refractivity contribution in [2.24, 2.45) is 5.84 Å². The number of nitrogens with one attached hydrogen (secondary N) is 1. The van der Waals surface area contributed by atoms with E-state index in [2.05, 4.69) is 31.2 Å². The second-order valence-corrected chi connectivity index (χ2v) is 6.93. The number of amides is 1. The smallest absolute Gasteiger partial charge is 0.254 e. The molecule has 1 aliphatic heterocycles. The summed E-state index contributed by atoms with van der Waals surface area (Å²) < 4.78 is 0. The molecule has 1 saturated heterocycles. The van der Waals surface area contributed by atoms with Crippen LogP contribution in [0.2, 0.25) is 0 Å². The van der Waals surface area contributed by atoms with Crippen LogP contribution in [0.25, 0.3) is 0 Å². The van der Waals surface area contributed by atoms with E-state index in [1.54, 1.807) is 6.07 Å². The number of aryl methyl sites for hydroxylation is 1. The van der Waals surface area contributed by atoms with Crippen molar-refractivity contribution in [3.63, 3.8) is 0 Å². The lowest BCUT2D eigenvalue weighted by Crippen LogP contribution is -2.48. The molecule has 1 fully saturated rings. The summed E-state index contributed by atoms with van der Waals surface area (Å²) in [4.78, 5) is 19.2. The molecule has 21 heavy (non-hydrogen) atoms. The summed E-state index contributed by atoms with van der Waals surface area (Å²) in [6.45, 7) is 7.19. The maximum Gasteiger partial charge on any atom is 0.254 e. The van der Waals surface area contributed by atoms with Gasteiger partial charge in [0.05, 0.1) is 0 Å². The number of thioether (sulfide) groups is 1. The summed E-state index contributed by atoms with van der Waals surface area (Å²) in [5, 5.41) is 0.465. The maximum absolute atomic E-state index is 12.8. The number of anilines is 1. The van der Waals surface area contributed by atoms with Crippen LogP contribution >= 0.6 is 11.8 Å². The van der Waals surface area contributed by atoms with Crippen LogP contribution in [0.3, 0.4) is 0 Å². The highest BCUT2D eigenvalue weighted by Crippen LogP contribution is 2.26. The largest absolute Gasteiger partial charge is 0.334 e. The minimum absolute atomic E-state index is 0.0749. The quantitative estimate of drug-likeness (QED) is 0.659. The third kappa shape index (κ3) is 3.68. The Hall–Kier alpha value is -1.27. The van der Waals surface area contributed by atoms with Gasteiger partial charge >= 0.3 is 0 Å². The fourth-order valence-corrected chi connectivity index (χ4v) is 3.65. The first-order valence-corrected chi connectivity index (χ1v) is 8.51. The Kier molecular flexibility index (Phi) is 5.47. The van der Waals surface area contributed by atoms with Gasteiger partial charge in [-0.15, -0.1) is 0 Å². The molecule has 116 valence electrons. The van der Waals surface area contributed by atoms with Gasteiger partial charge in [-0.2, -0.15) is 11.8 Å². The van der Waals surface area contributed by atoms with E-state index in [-0.39, 0.29) is 11.9 Å². The first kappa shape index (κ1) is 16.1. The lowest BCUT2D eigenvalue weighted by atomic mass is 10.1. The number of nitrogens with two attached hydrogens (primary N) is 1. The zero-order valence-electron chi connectivity index (χ0n) is 12.9. The summed E-state index contributed by atoms with van der Waals surface area (Å²) >= 11 is 1.92. The molecule has 2 rings (SSSR count). The lowest BCUT2D eigenvalue weighted by molar-refractivity contribution is 0.0698. The van der Waals surface area contributed by atoms with E-state index < -0.39 is 0 Å². The molecule has 2 atom stereocenters. The highest BCUT2D eigenvalue weighted by molar-refractivity contribution is 8.00. The molecule has 1 aliphatic rings. The van der Waals surface area contributed by atoms with E-state index >= 15 is 0 Å². The van der Waals surface area contributed by atoms with Gasteiger partial charge in [0.15, 0.2) is 0 Å². The van der Waals surface area contributed by atoms with E-state index in [4.69, 9.17) is 5.84 Å². The minimum Gasteiger partial charge on any atom is -0.334 e. The molecular weight excluding hydrogens is 284 g/mol. The first-order valence-electron chi connectivity index (χ1n) is 7.47. The van der Waals surface area contributed by atoms with Crippen molar-refractivity contribution >= 4 is 23.5 Å². The molecule has 5 nitrogen and oxygen atoms in total. The van der Waals surface area contributed by atoms with Crippen molar-refractivity contribution in [1.82, 2.24) is 9.88 Å². The average Bonchev–Trinajstić information content (AvgIpc) is 2.49. The van der Waals surface area contributed by atoms with Gasteiger partial charge in [0.2, 0.25) is 0 Å². The second-order valence-electron chi connectivity index (χ2n) is 5.44. The molecule has 0 bridgehead atoms. The fourth-order valence-electron chi connectivity index (χ4n) is 2.55. The number of rotatable bonds is 4. The normalized spacial score (nSPS) is 22.2. The Labute approximate surface area is 130 Å². The van der Waals surface area contributed by atoms with E-state index in [9.17, 15) is 4.79 Å². The predicted octanol–water partition coefficient (Wildman–Crippen LogP) is 2.29. The van der Waals surface area contributed by atoms with Crippen LogP contribution < -0.4 is 11.3 Å². The van der Waals surface area contributed by atoms with Crippen LogP contribution in [-0.4, -0.2) is 39.4 Å². The summed E-state index contributed by atoms with van der Waals surface area (Å²) in [7, 11) is 0. The molecule has 0 saturated carbocycles. The number of hydrogen-bond donors (Lipinski definition) is 2. The van der Waals surface area contributed by atoms with E-state index in [1.165, 1.54) is 0 Å². The molecule has 0 aromatic carbocycles. The van der Waals surface area contributed by atoms with Crippen molar-refractivity contribution < 1.29 is 4.79 Å². The molecule has 1 aromatic rings. The van der Waals surface area contributed by atoms with Gasteiger partial charge in [0.25, 0.3) is 5.91 Å². The highest BCUT2D eigenvalue weighted by Gasteiger charge is 2.29. The Balaban J connectivity index is 2.27. The van der Waals surface area contributed by atoms with Gasteiger partial charge in [0, 0.05) is 34.8 Å². The fraction of sp³-hybridized carbons (Fsp3) is 0.600. The van der Waals surface area contributed by atoms with Gasteiger partial charge < -0.3 is 10.3 Å². The molecule has 2 heterocycles.